The Morgan fingerprint density at radius 3 is 2.58 bits per heavy atom. The molecule has 0 unspecified atom stereocenters. The lowest BCUT2D eigenvalue weighted by Crippen LogP contribution is -2.51. The van der Waals surface area contributed by atoms with Crippen LogP contribution < -0.4 is 0 Å². The summed E-state index contributed by atoms with van der Waals surface area (Å²) in [5.74, 6) is -2.17. The molecule has 24 heavy (non-hydrogen) atoms. The molecule has 0 aliphatic carbocycles. The second-order valence-electron chi connectivity index (χ2n) is 5.47. The van der Waals surface area contributed by atoms with Crippen LogP contribution in [0.15, 0.2) is 36.5 Å². The van der Waals surface area contributed by atoms with Crippen molar-refractivity contribution in [2.24, 2.45) is 0 Å². The molecule has 1 aliphatic rings. The average Bonchev–Trinajstić information content (AvgIpc) is 2.52. The molecule has 1 saturated heterocycles. The monoisotopic (exact) mass is 339 g/mol. The van der Waals surface area contributed by atoms with E-state index >= 15 is 0 Å². The number of aliphatic carboxylic acids is 1. The van der Waals surface area contributed by atoms with Crippen LogP contribution in [0.1, 0.15) is 20.3 Å². The van der Waals surface area contributed by atoms with Crippen molar-refractivity contribution >= 4 is 12.1 Å². The molecule has 0 bridgehead atoms. The van der Waals surface area contributed by atoms with E-state index in [1.54, 1.807) is 25.2 Å². The standard InChI is InChI=1S/C17H25NO6/c1-4-7-14(8-5-2)12-22-16(21)18(11-15(19)20)13-17(3)23-9-6-10-24-17/h4-5,7-8H,1,6,9-13H2,2-3H3,(H,19,20)/b8-5-,14-7+. The highest BCUT2D eigenvalue weighted by Gasteiger charge is 2.34. The van der Waals surface area contributed by atoms with Crippen LogP contribution in [0.2, 0.25) is 0 Å². The smallest absolute Gasteiger partial charge is 0.410 e. The summed E-state index contributed by atoms with van der Waals surface area (Å²) in [7, 11) is 0. The molecule has 1 heterocycles. The van der Waals surface area contributed by atoms with Gasteiger partial charge in [-0.05, 0) is 25.8 Å². The van der Waals surface area contributed by atoms with E-state index in [0.29, 0.717) is 13.2 Å². The summed E-state index contributed by atoms with van der Waals surface area (Å²) >= 11 is 0. The van der Waals surface area contributed by atoms with Crippen LogP contribution in [0.4, 0.5) is 4.79 Å². The minimum atomic E-state index is -1.14. The number of nitrogens with zero attached hydrogens (tertiary/aromatic N) is 1. The van der Waals surface area contributed by atoms with Crippen LogP contribution in [0.5, 0.6) is 0 Å². The zero-order chi connectivity index (χ0) is 18.0. The first-order valence-corrected chi connectivity index (χ1v) is 7.76. The molecule has 0 atom stereocenters. The third-order valence-electron chi connectivity index (χ3n) is 3.24. The van der Waals surface area contributed by atoms with Crippen molar-refractivity contribution in [2.75, 3.05) is 32.9 Å². The van der Waals surface area contributed by atoms with Crippen LogP contribution in [0, 0.1) is 0 Å². The quantitative estimate of drug-likeness (QED) is 0.683. The number of hydrogen-bond acceptors (Lipinski definition) is 5. The molecule has 1 N–H and O–H groups in total. The van der Waals surface area contributed by atoms with Gasteiger partial charge in [0.25, 0.3) is 0 Å². The summed E-state index contributed by atoms with van der Waals surface area (Å²) in [5, 5.41) is 9.03. The molecular formula is C17H25NO6. The number of amides is 1. The Labute approximate surface area is 142 Å². The van der Waals surface area contributed by atoms with Gasteiger partial charge in [0.1, 0.15) is 13.2 Å². The number of ether oxygens (including phenoxy) is 3. The fourth-order valence-electron chi connectivity index (χ4n) is 2.22. The van der Waals surface area contributed by atoms with Crippen molar-refractivity contribution in [1.29, 1.82) is 0 Å². The SMILES string of the molecule is C=C/C=C(\C=C/C)COC(=O)N(CC(=O)O)CC1(C)OCCCO1. The topological polar surface area (TPSA) is 85.3 Å². The number of carbonyl (C=O) groups is 2. The van der Waals surface area contributed by atoms with Gasteiger partial charge >= 0.3 is 12.1 Å². The van der Waals surface area contributed by atoms with E-state index in [1.165, 1.54) is 0 Å². The first-order chi connectivity index (χ1) is 11.4. The van der Waals surface area contributed by atoms with Gasteiger partial charge in [-0.3, -0.25) is 9.69 Å². The normalized spacial score (nSPS) is 17.5. The molecule has 7 nitrogen and oxygen atoms in total. The van der Waals surface area contributed by atoms with Crippen LogP contribution in [0.25, 0.3) is 0 Å². The molecule has 0 aromatic carbocycles. The molecule has 1 rings (SSSR count). The second-order valence-corrected chi connectivity index (χ2v) is 5.47. The molecule has 1 amide bonds. The van der Waals surface area contributed by atoms with Crippen molar-refractivity contribution in [3.05, 3.63) is 36.5 Å². The van der Waals surface area contributed by atoms with Gasteiger partial charge in [0.15, 0.2) is 5.79 Å². The highest BCUT2D eigenvalue weighted by molar-refractivity contribution is 5.76. The minimum absolute atomic E-state index is 0.0176. The maximum absolute atomic E-state index is 12.3. The molecular weight excluding hydrogens is 314 g/mol. The highest BCUT2D eigenvalue weighted by Crippen LogP contribution is 2.20. The van der Waals surface area contributed by atoms with Gasteiger partial charge in [-0.15, -0.1) is 0 Å². The molecule has 7 heteroatoms. The molecule has 0 saturated carbocycles. The van der Waals surface area contributed by atoms with E-state index < -0.39 is 24.4 Å². The first kappa shape index (κ1) is 19.9. The van der Waals surface area contributed by atoms with Crippen molar-refractivity contribution in [3.63, 3.8) is 0 Å². The summed E-state index contributed by atoms with van der Waals surface area (Å²) in [5.41, 5.74) is 0.743. The van der Waals surface area contributed by atoms with Gasteiger partial charge in [-0.2, -0.15) is 0 Å². The van der Waals surface area contributed by atoms with Gasteiger partial charge in [0, 0.05) is 0 Å². The maximum Gasteiger partial charge on any atom is 0.410 e. The number of allylic oxidation sites excluding steroid dienone is 3. The lowest BCUT2D eigenvalue weighted by Gasteiger charge is -2.37. The van der Waals surface area contributed by atoms with Gasteiger partial charge < -0.3 is 19.3 Å². The van der Waals surface area contributed by atoms with E-state index in [0.717, 1.165) is 16.9 Å². The summed E-state index contributed by atoms with van der Waals surface area (Å²) in [4.78, 5) is 24.4. The molecule has 0 radical (unpaired) electrons. The van der Waals surface area contributed by atoms with Crippen LogP contribution in [-0.2, 0) is 19.0 Å². The molecule has 1 aliphatic heterocycles. The second kappa shape index (κ2) is 9.89. The Kier molecular flexibility index (Phi) is 8.21. The predicted molar refractivity (Wildman–Crippen MR) is 88.6 cm³/mol. The molecule has 0 spiro atoms. The summed E-state index contributed by atoms with van der Waals surface area (Å²) in [6.45, 7) is 7.62. The van der Waals surface area contributed by atoms with E-state index in [9.17, 15) is 9.59 Å². The summed E-state index contributed by atoms with van der Waals surface area (Å²) in [6, 6.07) is 0. The van der Waals surface area contributed by atoms with Gasteiger partial charge in [0.2, 0.25) is 0 Å². The number of carboxylic acids is 1. The van der Waals surface area contributed by atoms with Crippen LogP contribution in [0.3, 0.4) is 0 Å². The lowest BCUT2D eigenvalue weighted by atomic mass is 10.2. The number of hydrogen-bond donors (Lipinski definition) is 1. The Balaban J connectivity index is 2.72. The summed E-state index contributed by atoms with van der Waals surface area (Å²) in [6.07, 6.45) is 6.91. The molecule has 1 fully saturated rings. The van der Waals surface area contributed by atoms with E-state index in [-0.39, 0.29) is 13.2 Å². The largest absolute Gasteiger partial charge is 0.480 e. The van der Waals surface area contributed by atoms with Gasteiger partial charge in [-0.25, -0.2) is 4.79 Å². The summed E-state index contributed by atoms with van der Waals surface area (Å²) < 4.78 is 16.3. The average molecular weight is 339 g/mol. The third-order valence-corrected chi connectivity index (χ3v) is 3.24. The van der Waals surface area contributed by atoms with Crippen LogP contribution in [-0.4, -0.2) is 60.8 Å². The predicted octanol–water partition coefficient (Wildman–Crippen LogP) is 2.35. The molecule has 0 aromatic rings. The minimum Gasteiger partial charge on any atom is -0.480 e. The first-order valence-electron chi connectivity index (χ1n) is 7.76. The lowest BCUT2D eigenvalue weighted by molar-refractivity contribution is -0.260. The zero-order valence-electron chi connectivity index (χ0n) is 14.2. The molecule has 0 aromatic heterocycles. The Morgan fingerprint density at radius 2 is 2.04 bits per heavy atom. The van der Waals surface area contributed by atoms with Crippen molar-refractivity contribution in [1.82, 2.24) is 4.90 Å². The van der Waals surface area contributed by atoms with Gasteiger partial charge in [-0.1, -0.05) is 30.9 Å². The Hall–Kier alpha value is -2.12. The Bertz CT molecular complexity index is 505. The fourth-order valence-corrected chi connectivity index (χ4v) is 2.22. The number of carboxylic acid groups (broad SMARTS) is 1. The third kappa shape index (κ3) is 6.97. The van der Waals surface area contributed by atoms with Crippen molar-refractivity contribution in [3.8, 4) is 0 Å². The highest BCUT2D eigenvalue weighted by atomic mass is 16.7. The van der Waals surface area contributed by atoms with Crippen LogP contribution >= 0.6 is 0 Å². The maximum atomic E-state index is 12.3. The molecule has 134 valence electrons. The number of rotatable bonds is 8. The van der Waals surface area contributed by atoms with E-state index in [2.05, 4.69) is 6.58 Å². The van der Waals surface area contributed by atoms with Crippen molar-refractivity contribution in [2.45, 2.75) is 26.1 Å². The zero-order valence-corrected chi connectivity index (χ0v) is 14.2. The van der Waals surface area contributed by atoms with Crippen molar-refractivity contribution < 1.29 is 28.9 Å². The fraction of sp³-hybridized carbons (Fsp3) is 0.529. The number of carbonyl (C=O) groups excluding carboxylic acids is 1. The Morgan fingerprint density at radius 1 is 1.38 bits per heavy atom. The van der Waals surface area contributed by atoms with E-state index in [1.807, 2.05) is 13.0 Å². The van der Waals surface area contributed by atoms with E-state index in [4.69, 9.17) is 19.3 Å². The van der Waals surface area contributed by atoms with Gasteiger partial charge in [0.05, 0.1) is 19.8 Å².